The molecule has 1 aliphatic rings. The zero-order chi connectivity index (χ0) is 12.2. The van der Waals surface area contributed by atoms with Gasteiger partial charge in [0.15, 0.2) is 9.84 Å². The number of nitrogens with one attached hydrogen (secondary N) is 1. The Morgan fingerprint density at radius 2 is 1.94 bits per heavy atom. The van der Waals surface area contributed by atoms with E-state index in [1.54, 1.807) is 0 Å². The summed E-state index contributed by atoms with van der Waals surface area (Å²) in [7, 11) is -2.83. The second-order valence-electron chi connectivity index (χ2n) is 4.46. The molecule has 5 nitrogen and oxygen atoms in total. The van der Waals surface area contributed by atoms with Crippen molar-refractivity contribution >= 4 is 9.84 Å². The van der Waals surface area contributed by atoms with Crippen molar-refractivity contribution in [1.29, 1.82) is 5.26 Å². The minimum Gasteiger partial charge on any atom is -0.299 e. The monoisotopic (exact) mass is 245 g/mol. The Labute approximate surface area is 97.3 Å². The maximum absolute atomic E-state index is 11.2. The van der Waals surface area contributed by atoms with Crippen molar-refractivity contribution < 1.29 is 8.42 Å². The maximum atomic E-state index is 11.2. The van der Waals surface area contributed by atoms with E-state index in [-0.39, 0.29) is 23.6 Å². The van der Waals surface area contributed by atoms with Crippen molar-refractivity contribution in [3.8, 4) is 6.07 Å². The van der Waals surface area contributed by atoms with E-state index in [1.165, 1.54) is 0 Å². The van der Waals surface area contributed by atoms with Gasteiger partial charge in [0.25, 0.3) is 0 Å². The largest absolute Gasteiger partial charge is 0.299 e. The van der Waals surface area contributed by atoms with Gasteiger partial charge in [0.1, 0.15) is 6.04 Å². The lowest BCUT2D eigenvalue weighted by Gasteiger charge is -2.28. The summed E-state index contributed by atoms with van der Waals surface area (Å²) in [5, 5.41) is 12.1. The Morgan fingerprint density at radius 3 is 2.38 bits per heavy atom. The molecule has 1 rings (SSSR count). The minimum absolute atomic E-state index is 0.215. The van der Waals surface area contributed by atoms with Crippen LogP contribution in [0.2, 0.25) is 0 Å². The third kappa shape index (κ3) is 4.47. The van der Waals surface area contributed by atoms with Gasteiger partial charge < -0.3 is 0 Å². The molecular formula is C10H19N3O2S. The molecule has 0 spiro atoms. The van der Waals surface area contributed by atoms with Crippen LogP contribution >= 0.6 is 0 Å². The molecule has 6 heteroatoms. The van der Waals surface area contributed by atoms with Crippen LogP contribution in [0.4, 0.5) is 0 Å². The lowest BCUT2D eigenvalue weighted by Crippen LogP contribution is -2.48. The summed E-state index contributed by atoms with van der Waals surface area (Å²) in [4.78, 5) is 2.03. The molecule has 1 saturated heterocycles. The number of hydrogen-bond acceptors (Lipinski definition) is 5. The highest BCUT2D eigenvalue weighted by Gasteiger charge is 2.23. The van der Waals surface area contributed by atoms with E-state index in [1.807, 2.05) is 18.7 Å². The topological polar surface area (TPSA) is 73.2 Å². The van der Waals surface area contributed by atoms with Gasteiger partial charge in [-0.05, 0) is 13.8 Å². The Kier molecular flexibility index (Phi) is 4.71. The quantitative estimate of drug-likeness (QED) is 0.730. The molecule has 0 saturated carbocycles. The molecule has 1 atom stereocenters. The Hall–Kier alpha value is -0.640. The second-order valence-corrected chi connectivity index (χ2v) is 6.76. The van der Waals surface area contributed by atoms with Crippen LogP contribution in [0.15, 0.2) is 0 Å². The summed E-state index contributed by atoms with van der Waals surface area (Å²) in [5.74, 6) is 0.430. The lowest BCUT2D eigenvalue weighted by molar-refractivity contribution is 0.272. The molecule has 0 aromatic heterocycles. The van der Waals surface area contributed by atoms with Crippen LogP contribution in [0, 0.1) is 11.3 Å². The average molecular weight is 245 g/mol. The number of sulfone groups is 1. The maximum Gasteiger partial charge on any atom is 0.152 e. The van der Waals surface area contributed by atoms with Gasteiger partial charge in [0.05, 0.1) is 17.6 Å². The number of nitrogens with zero attached hydrogens (tertiary/aromatic N) is 2. The first-order chi connectivity index (χ1) is 7.43. The molecule has 0 aliphatic carbocycles. The van der Waals surface area contributed by atoms with Crippen LogP contribution < -0.4 is 5.32 Å². The smallest absolute Gasteiger partial charge is 0.152 e. The summed E-state index contributed by atoms with van der Waals surface area (Å²) in [6, 6.07) is 2.24. The Balaban J connectivity index is 2.40. The Bertz CT molecular complexity index is 345. The fourth-order valence-electron chi connectivity index (χ4n) is 1.72. The summed E-state index contributed by atoms with van der Waals surface area (Å²) >= 11 is 0. The first kappa shape index (κ1) is 13.4. The molecule has 1 aliphatic heterocycles. The van der Waals surface area contributed by atoms with E-state index in [0.717, 1.165) is 0 Å². The molecule has 1 unspecified atom stereocenters. The first-order valence-electron chi connectivity index (χ1n) is 5.51. The first-order valence-corrected chi connectivity index (χ1v) is 7.33. The van der Waals surface area contributed by atoms with Crippen molar-refractivity contribution in [1.82, 2.24) is 10.2 Å². The van der Waals surface area contributed by atoms with Crippen LogP contribution in [0.5, 0.6) is 0 Å². The number of hydrogen-bond donors (Lipinski definition) is 1. The average Bonchev–Trinajstić information content (AvgIpc) is 2.19. The fourth-order valence-corrected chi connectivity index (χ4v) is 3.00. The fraction of sp³-hybridized carbons (Fsp3) is 0.900. The molecule has 0 bridgehead atoms. The van der Waals surface area contributed by atoms with E-state index in [2.05, 4.69) is 11.4 Å². The summed E-state index contributed by atoms with van der Waals surface area (Å²) in [5.41, 5.74) is 0. The molecule has 1 N–H and O–H groups in total. The molecule has 0 aromatic rings. The van der Waals surface area contributed by atoms with Crippen LogP contribution in [-0.2, 0) is 9.84 Å². The summed E-state index contributed by atoms with van der Waals surface area (Å²) in [6.45, 7) is 5.67. The molecular weight excluding hydrogens is 226 g/mol. The second kappa shape index (κ2) is 5.62. The number of nitriles is 1. The third-order valence-electron chi connectivity index (χ3n) is 2.57. The van der Waals surface area contributed by atoms with Crippen molar-refractivity contribution in [3.63, 3.8) is 0 Å². The molecule has 92 valence electrons. The highest BCUT2D eigenvalue weighted by Crippen LogP contribution is 2.04. The van der Waals surface area contributed by atoms with Gasteiger partial charge in [-0.15, -0.1) is 0 Å². The molecule has 0 radical (unpaired) electrons. The van der Waals surface area contributed by atoms with Gasteiger partial charge in [0.2, 0.25) is 0 Å². The van der Waals surface area contributed by atoms with Crippen LogP contribution in [0.3, 0.4) is 0 Å². The molecule has 1 heterocycles. The normalized spacial score (nSPS) is 22.9. The van der Waals surface area contributed by atoms with Crippen LogP contribution in [0.1, 0.15) is 13.8 Å². The molecule has 16 heavy (non-hydrogen) atoms. The highest BCUT2D eigenvalue weighted by molar-refractivity contribution is 7.91. The zero-order valence-electron chi connectivity index (χ0n) is 9.81. The highest BCUT2D eigenvalue weighted by atomic mass is 32.2. The van der Waals surface area contributed by atoms with E-state index in [4.69, 9.17) is 5.26 Å². The SMILES string of the molecule is CC(C)NC(C#N)CN1CCS(=O)(=O)CC1. The van der Waals surface area contributed by atoms with E-state index < -0.39 is 9.84 Å². The molecule has 0 aromatic carbocycles. The van der Waals surface area contributed by atoms with Crippen molar-refractivity contribution in [3.05, 3.63) is 0 Å². The van der Waals surface area contributed by atoms with Gasteiger partial charge in [-0.25, -0.2) is 8.42 Å². The standard InChI is InChI=1S/C10H19N3O2S/c1-9(2)12-10(7-11)8-13-3-5-16(14,15)6-4-13/h9-10,12H,3-6,8H2,1-2H3. The number of rotatable bonds is 4. The van der Waals surface area contributed by atoms with Gasteiger partial charge >= 0.3 is 0 Å². The zero-order valence-corrected chi connectivity index (χ0v) is 10.6. The van der Waals surface area contributed by atoms with Crippen molar-refractivity contribution in [2.45, 2.75) is 25.9 Å². The van der Waals surface area contributed by atoms with Crippen molar-refractivity contribution in [2.75, 3.05) is 31.1 Å². The molecule has 0 amide bonds. The molecule has 1 fully saturated rings. The predicted molar refractivity (Wildman–Crippen MR) is 62.8 cm³/mol. The Morgan fingerprint density at radius 1 is 1.38 bits per heavy atom. The van der Waals surface area contributed by atoms with Gasteiger partial charge in [0, 0.05) is 25.7 Å². The van der Waals surface area contributed by atoms with Crippen LogP contribution in [-0.4, -0.2) is 56.5 Å². The lowest BCUT2D eigenvalue weighted by atomic mass is 10.2. The van der Waals surface area contributed by atoms with Crippen LogP contribution in [0.25, 0.3) is 0 Å². The van der Waals surface area contributed by atoms with Gasteiger partial charge in [-0.1, -0.05) is 0 Å². The third-order valence-corrected chi connectivity index (χ3v) is 4.18. The summed E-state index contributed by atoms with van der Waals surface area (Å²) < 4.78 is 22.4. The van der Waals surface area contributed by atoms with Gasteiger partial charge in [-0.3, -0.25) is 10.2 Å². The van der Waals surface area contributed by atoms with E-state index in [9.17, 15) is 8.42 Å². The van der Waals surface area contributed by atoms with E-state index in [0.29, 0.717) is 19.6 Å². The minimum atomic E-state index is -2.83. The van der Waals surface area contributed by atoms with E-state index >= 15 is 0 Å². The predicted octanol–water partition coefficient (Wildman–Crippen LogP) is -0.393. The van der Waals surface area contributed by atoms with Gasteiger partial charge in [-0.2, -0.15) is 5.26 Å². The van der Waals surface area contributed by atoms with Crippen molar-refractivity contribution in [2.24, 2.45) is 0 Å². The summed E-state index contributed by atoms with van der Waals surface area (Å²) in [6.07, 6.45) is 0.